The molecule has 2 saturated heterocycles. The fraction of sp³-hybridized carbons (Fsp3) is 0.379. The largest absolute Gasteiger partial charge is 0.508 e. The van der Waals surface area contributed by atoms with Crippen LogP contribution in [-0.4, -0.2) is 65.4 Å². The third-order valence-electron chi connectivity index (χ3n) is 8.97. The number of fused-ring (bicyclic) bond motifs is 4. The molecule has 0 spiro atoms. The number of hydrogen-bond donors (Lipinski definition) is 2. The van der Waals surface area contributed by atoms with Crippen LogP contribution in [0.4, 0.5) is 0 Å². The number of amides is 4. The maximum absolute atomic E-state index is 13.9. The molecule has 2 aromatic rings. The molecule has 0 aromatic heterocycles. The van der Waals surface area contributed by atoms with Crippen LogP contribution >= 0.6 is 55.1 Å². The Bertz CT molecular complexity index is 1530. The molecule has 2 aliphatic heterocycles. The molecule has 0 radical (unpaired) electrons. The average molecular weight is 727 g/mol. The van der Waals surface area contributed by atoms with Crippen molar-refractivity contribution < 1.29 is 29.4 Å². The molecule has 6 atom stereocenters. The molecule has 4 amide bonds. The Labute approximate surface area is 262 Å². The van der Waals surface area contributed by atoms with E-state index in [2.05, 4.69) is 31.9 Å². The molecule has 8 nitrogen and oxygen atoms in total. The minimum Gasteiger partial charge on any atom is -0.508 e. The zero-order valence-corrected chi connectivity index (χ0v) is 26.1. The molecule has 2 aliphatic carbocycles. The second-order valence-corrected chi connectivity index (χ2v) is 13.6. The highest BCUT2D eigenvalue weighted by Gasteiger charge is 2.76. The van der Waals surface area contributed by atoms with Gasteiger partial charge in [0.05, 0.1) is 17.3 Å². The van der Waals surface area contributed by atoms with Crippen LogP contribution in [0.3, 0.4) is 0 Å². The van der Waals surface area contributed by atoms with Crippen molar-refractivity contribution >= 4 is 78.7 Å². The Morgan fingerprint density at radius 2 is 1.63 bits per heavy atom. The number of rotatable bonds is 5. The van der Waals surface area contributed by atoms with Gasteiger partial charge in [-0.1, -0.05) is 55.6 Å². The summed E-state index contributed by atoms with van der Waals surface area (Å²) in [6.07, 6.45) is 2.37. The summed E-state index contributed by atoms with van der Waals surface area (Å²) in [6.45, 7) is 0.160. The number of carbonyl (C=O) groups excluding carboxylic acids is 4. The first-order valence-electron chi connectivity index (χ1n) is 13.1. The van der Waals surface area contributed by atoms with E-state index in [1.807, 2.05) is 6.08 Å². The van der Waals surface area contributed by atoms with Gasteiger partial charge in [0.2, 0.25) is 11.8 Å². The van der Waals surface area contributed by atoms with Gasteiger partial charge < -0.3 is 10.2 Å². The SMILES string of the molecule is O=C1C2CC=C3C(CC4(Cl)C(=O)N(CBr)C(=O)C4(Cl)C3c3cc(Br)ccc3O)C2C(=O)N1CCc1ccc(O)cc1. The number of alkyl halides is 3. The zero-order valence-electron chi connectivity index (χ0n) is 21.4. The Morgan fingerprint density at radius 3 is 2.32 bits per heavy atom. The summed E-state index contributed by atoms with van der Waals surface area (Å²) in [5.41, 5.74) is 1.65. The van der Waals surface area contributed by atoms with Crippen molar-refractivity contribution in [2.24, 2.45) is 17.8 Å². The summed E-state index contributed by atoms with van der Waals surface area (Å²) in [5, 5.41) is 20.5. The number of phenols is 2. The Morgan fingerprint density at radius 1 is 0.927 bits per heavy atom. The number of nitrogens with zero attached hydrogens (tertiary/aromatic N) is 2. The standard InChI is InChI=1S/C29H24Br2Cl2N2O6/c30-13-35-26(40)28(32)12-20-17(23(29(28,33)27(35)41)19-11-15(31)3-8-21(19)37)6-7-18-22(20)25(39)34(24(18)38)10-9-14-1-4-16(36)5-2-14/h1-6,8,11,18,20,22-23,36-37H,7,9-10,12-13H2. The molecule has 2 aromatic carbocycles. The predicted molar refractivity (Wildman–Crippen MR) is 158 cm³/mol. The highest BCUT2D eigenvalue weighted by molar-refractivity contribution is 9.10. The van der Waals surface area contributed by atoms with Crippen molar-refractivity contribution in [2.45, 2.75) is 34.9 Å². The molecule has 3 fully saturated rings. The average Bonchev–Trinajstić information content (AvgIpc) is 3.27. The van der Waals surface area contributed by atoms with Gasteiger partial charge in [0.25, 0.3) is 11.8 Å². The highest BCUT2D eigenvalue weighted by Crippen LogP contribution is 2.66. The number of hydrogen-bond acceptors (Lipinski definition) is 6. The summed E-state index contributed by atoms with van der Waals surface area (Å²) in [7, 11) is 0. The van der Waals surface area contributed by atoms with Crippen molar-refractivity contribution in [3.8, 4) is 11.5 Å². The van der Waals surface area contributed by atoms with Crippen molar-refractivity contribution in [2.75, 3.05) is 12.0 Å². The van der Waals surface area contributed by atoms with Crippen LogP contribution in [0, 0.1) is 17.8 Å². The van der Waals surface area contributed by atoms with Gasteiger partial charge in [-0.25, -0.2) is 0 Å². The summed E-state index contributed by atoms with van der Waals surface area (Å²) in [4.78, 5) is 53.3. The lowest BCUT2D eigenvalue weighted by atomic mass is 9.56. The van der Waals surface area contributed by atoms with Gasteiger partial charge in [0, 0.05) is 22.5 Å². The summed E-state index contributed by atoms with van der Waals surface area (Å²) >= 11 is 21.0. The van der Waals surface area contributed by atoms with E-state index in [-0.39, 0.29) is 48.2 Å². The van der Waals surface area contributed by atoms with Crippen molar-refractivity contribution in [3.05, 3.63) is 69.7 Å². The number of imide groups is 2. The van der Waals surface area contributed by atoms with Crippen LogP contribution < -0.4 is 0 Å². The third-order valence-corrected chi connectivity index (χ3v) is 11.4. The van der Waals surface area contributed by atoms with Crippen molar-refractivity contribution in [1.82, 2.24) is 9.80 Å². The molecule has 0 bridgehead atoms. The first-order valence-corrected chi connectivity index (χ1v) is 15.7. The second-order valence-electron chi connectivity index (χ2n) is 10.9. The van der Waals surface area contributed by atoms with Gasteiger partial charge in [0.15, 0.2) is 9.75 Å². The normalized spacial score (nSPS) is 32.6. The molecular formula is C29H24Br2Cl2N2O6. The minimum atomic E-state index is -1.98. The Hall–Kier alpha value is -2.40. The van der Waals surface area contributed by atoms with Crippen LogP contribution in [0.15, 0.2) is 58.6 Å². The van der Waals surface area contributed by atoms with Gasteiger partial charge in [0.1, 0.15) is 11.5 Å². The number of allylic oxidation sites excluding steroid dienone is 2. The molecule has 12 heteroatoms. The van der Waals surface area contributed by atoms with E-state index in [1.54, 1.807) is 36.4 Å². The van der Waals surface area contributed by atoms with E-state index < -0.39 is 45.2 Å². The maximum atomic E-state index is 13.9. The van der Waals surface area contributed by atoms with E-state index in [1.165, 1.54) is 11.0 Å². The molecule has 2 heterocycles. The fourth-order valence-electron chi connectivity index (χ4n) is 7.04. The summed E-state index contributed by atoms with van der Waals surface area (Å²) in [6, 6.07) is 11.3. The number of halogens is 4. The fourth-order valence-corrected chi connectivity index (χ4v) is 8.84. The van der Waals surface area contributed by atoms with Gasteiger partial charge in [-0.3, -0.25) is 29.0 Å². The van der Waals surface area contributed by atoms with Gasteiger partial charge in [-0.15, -0.1) is 23.2 Å². The highest BCUT2D eigenvalue weighted by atomic mass is 79.9. The summed E-state index contributed by atoms with van der Waals surface area (Å²) < 4.78 is 0.615. The molecule has 2 N–H and O–H groups in total. The lowest BCUT2D eigenvalue weighted by Crippen LogP contribution is -2.60. The lowest BCUT2D eigenvalue weighted by molar-refractivity contribution is -0.141. The van der Waals surface area contributed by atoms with E-state index in [9.17, 15) is 29.4 Å². The van der Waals surface area contributed by atoms with Crippen LogP contribution in [0.25, 0.3) is 0 Å². The van der Waals surface area contributed by atoms with Crippen molar-refractivity contribution in [1.29, 1.82) is 0 Å². The van der Waals surface area contributed by atoms with Gasteiger partial charge in [-0.05, 0) is 61.1 Å². The topological polar surface area (TPSA) is 115 Å². The molecule has 41 heavy (non-hydrogen) atoms. The number of benzene rings is 2. The van der Waals surface area contributed by atoms with E-state index >= 15 is 0 Å². The van der Waals surface area contributed by atoms with E-state index in [0.29, 0.717) is 22.0 Å². The van der Waals surface area contributed by atoms with Crippen LogP contribution in [0.5, 0.6) is 11.5 Å². The second kappa shape index (κ2) is 10.1. The van der Waals surface area contributed by atoms with Crippen LogP contribution in [-0.2, 0) is 25.6 Å². The minimum absolute atomic E-state index is 0.116. The Kier molecular flexibility index (Phi) is 7.08. The van der Waals surface area contributed by atoms with Crippen molar-refractivity contribution in [3.63, 3.8) is 0 Å². The predicted octanol–water partition coefficient (Wildman–Crippen LogP) is 4.81. The van der Waals surface area contributed by atoms with Crippen LogP contribution in [0.1, 0.15) is 29.9 Å². The van der Waals surface area contributed by atoms with Crippen LogP contribution in [0.2, 0.25) is 0 Å². The number of phenolic OH excluding ortho intramolecular Hbond substituents is 2. The third kappa shape index (κ3) is 4.04. The molecule has 6 unspecified atom stereocenters. The first kappa shape index (κ1) is 28.7. The Balaban J connectivity index is 1.43. The number of likely N-dealkylation sites (tertiary alicyclic amines) is 2. The molecule has 1 saturated carbocycles. The summed E-state index contributed by atoms with van der Waals surface area (Å²) in [5.74, 6) is -5.17. The number of aromatic hydroxyl groups is 2. The zero-order chi connectivity index (χ0) is 29.4. The molecule has 214 valence electrons. The molecular weight excluding hydrogens is 703 g/mol. The maximum Gasteiger partial charge on any atom is 0.254 e. The van der Waals surface area contributed by atoms with E-state index in [4.69, 9.17) is 23.2 Å². The first-order chi connectivity index (χ1) is 19.4. The molecule has 6 rings (SSSR count). The van der Waals surface area contributed by atoms with Gasteiger partial charge in [-0.2, -0.15) is 0 Å². The van der Waals surface area contributed by atoms with E-state index in [0.717, 1.165) is 10.5 Å². The lowest BCUT2D eigenvalue weighted by Gasteiger charge is -2.50. The van der Waals surface area contributed by atoms with Gasteiger partial charge >= 0.3 is 0 Å². The molecule has 4 aliphatic rings. The quantitative estimate of drug-likeness (QED) is 0.198. The smallest absolute Gasteiger partial charge is 0.254 e. The monoisotopic (exact) mass is 724 g/mol. The number of carbonyl (C=O) groups is 4.